The van der Waals surface area contributed by atoms with Crippen molar-refractivity contribution in [3.05, 3.63) is 29.8 Å². The van der Waals surface area contributed by atoms with Crippen molar-refractivity contribution in [3.8, 4) is 5.75 Å². The zero-order valence-corrected chi connectivity index (χ0v) is 11.1. The Labute approximate surface area is 109 Å². The van der Waals surface area contributed by atoms with Gasteiger partial charge in [-0.3, -0.25) is 0 Å². The quantitative estimate of drug-likeness (QED) is 0.842. The van der Waals surface area contributed by atoms with Crippen molar-refractivity contribution in [2.24, 2.45) is 5.73 Å². The van der Waals surface area contributed by atoms with E-state index < -0.39 is 0 Å². The van der Waals surface area contributed by atoms with Crippen molar-refractivity contribution in [1.29, 1.82) is 0 Å². The molecule has 1 saturated heterocycles. The van der Waals surface area contributed by atoms with Crippen LogP contribution in [0.25, 0.3) is 0 Å². The van der Waals surface area contributed by atoms with Crippen molar-refractivity contribution >= 4 is 0 Å². The van der Waals surface area contributed by atoms with E-state index in [-0.39, 0.29) is 6.04 Å². The van der Waals surface area contributed by atoms with Crippen LogP contribution in [0.5, 0.6) is 5.75 Å². The molecule has 2 rings (SSSR count). The standard InChI is InChI=1S/C15H23NO2/c1-12(16)11-13-4-6-15(7-5-13)18-10-8-14-3-2-9-17-14/h4-7,12,14H,2-3,8-11,16H2,1H3. The number of ether oxygens (including phenoxy) is 2. The summed E-state index contributed by atoms with van der Waals surface area (Å²) < 4.78 is 11.3. The predicted molar refractivity (Wildman–Crippen MR) is 72.9 cm³/mol. The number of benzene rings is 1. The smallest absolute Gasteiger partial charge is 0.119 e. The Hall–Kier alpha value is -1.06. The normalized spacial score (nSPS) is 20.9. The van der Waals surface area contributed by atoms with Gasteiger partial charge < -0.3 is 15.2 Å². The summed E-state index contributed by atoms with van der Waals surface area (Å²) in [6.07, 6.45) is 4.67. The van der Waals surface area contributed by atoms with Crippen LogP contribution >= 0.6 is 0 Å². The minimum absolute atomic E-state index is 0.205. The highest BCUT2D eigenvalue weighted by Crippen LogP contribution is 2.17. The molecule has 0 aromatic heterocycles. The Bertz CT molecular complexity index is 342. The van der Waals surface area contributed by atoms with E-state index in [4.69, 9.17) is 15.2 Å². The van der Waals surface area contributed by atoms with Crippen LogP contribution in [0, 0.1) is 0 Å². The molecule has 1 aliphatic heterocycles. The largest absolute Gasteiger partial charge is 0.493 e. The third-order valence-electron chi connectivity index (χ3n) is 3.21. The van der Waals surface area contributed by atoms with Gasteiger partial charge >= 0.3 is 0 Å². The van der Waals surface area contributed by atoms with E-state index in [1.807, 2.05) is 19.1 Å². The number of rotatable bonds is 6. The minimum Gasteiger partial charge on any atom is -0.493 e. The molecular formula is C15H23NO2. The third kappa shape index (κ3) is 4.31. The molecule has 1 aromatic rings. The summed E-state index contributed by atoms with van der Waals surface area (Å²) in [5.74, 6) is 0.932. The Morgan fingerprint density at radius 1 is 1.39 bits per heavy atom. The molecular weight excluding hydrogens is 226 g/mol. The van der Waals surface area contributed by atoms with E-state index in [1.54, 1.807) is 0 Å². The molecule has 1 aromatic carbocycles. The summed E-state index contributed by atoms with van der Waals surface area (Å²) in [6, 6.07) is 8.42. The molecule has 18 heavy (non-hydrogen) atoms. The van der Waals surface area contributed by atoms with Gasteiger partial charge in [-0.05, 0) is 43.9 Å². The first-order valence-corrected chi connectivity index (χ1v) is 6.83. The van der Waals surface area contributed by atoms with Gasteiger partial charge in [-0.15, -0.1) is 0 Å². The maximum atomic E-state index is 5.77. The number of hydrogen-bond donors (Lipinski definition) is 1. The second-order valence-corrected chi connectivity index (χ2v) is 5.10. The Morgan fingerprint density at radius 2 is 2.17 bits per heavy atom. The summed E-state index contributed by atoms with van der Waals surface area (Å²) in [6.45, 7) is 3.67. The van der Waals surface area contributed by atoms with Crippen molar-refractivity contribution < 1.29 is 9.47 Å². The van der Waals surface area contributed by atoms with E-state index in [0.717, 1.165) is 31.8 Å². The molecule has 0 amide bonds. The summed E-state index contributed by atoms with van der Waals surface area (Å²) in [4.78, 5) is 0. The Kier molecular flexibility index (Phi) is 5.02. The lowest BCUT2D eigenvalue weighted by Gasteiger charge is -2.11. The van der Waals surface area contributed by atoms with Crippen LogP contribution in [-0.2, 0) is 11.2 Å². The van der Waals surface area contributed by atoms with Crippen LogP contribution in [-0.4, -0.2) is 25.4 Å². The van der Waals surface area contributed by atoms with Gasteiger partial charge in [0.2, 0.25) is 0 Å². The van der Waals surface area contributed by atoms with Gasteiger partial charge in [0.05, 0.1) is 12.7 Å². The molecule has 0 saturated carbocycles. The van der Waals surface area contributed by atoms with Crippen molar-refractivity contribution in [1.82, 2.24) is 0 Å². The maximum absolute atomic E-state index is 5.77. The van der Waals surface area contributed by atoms with Gasteiger partial charge in [-0.1, -0.05) is 12.1 Å². The van der Waals surface area contributed by atoms with Gasteiger partial charge in [0.1, 0.15) is 5.75 Å². The van der Waals surface area contributed by atoms with Crippen molar-refractivity contribution in [3.63, 3.8) is 0 Å². The highest BCUT2D eigenvalue weighted by molar-refractivity contribution is 5.27. The number of hydrogen-bond acceptors (Lipinski definition) is 3. The van der Waals surface area contributed by atoms with E-state index in [0.29, 0.717) is 6.10 Å². The highest BCUT2D eigenvalue weighted by Gasteiger charge is 2.14. The SMILES string of the molecule is CC(N)Cc1ccc(OCCC2CCCO2)cc1. The van der Waals surface area contributed by atoms with Gasteiger partial charge in [0.25, 0.3) is 0 Å². The van der Waals surface area contributed by atoms with Crippen molar-refractivity contribution in [2.75, 3.05) is 13.2 Å². The van der Waals surface area contributed by atoms with Crippen molar-refractivity contribution in [2.45, 2.75) is 44.8 Å². The van der Waals surface area contributed by atoms with Crippen LogP contribution in [0.4, 0.5) is 0 Å². The van der Waals surface area contributed by atoms with Crippen LogP contribution in [0.1, 0.15) is 31.7 Å². The van der Waals surface area contributed by atoms with Crippen LogP contribution in [0.2, 0.25) is 0 Å². The van der Waals surface area contributed by atoms with E-state index in [9.17, 15) is 0 Å². The minimum atomic E-state index is 0.205. The van der Waals surface area contributed by atoms with E-state index in [1.165, 1.54) is 18.4 Å². The molecule has 0 spiro atoms. The lowest BCUT2D eigenvalue weighted by atomic mass is 10.1. The zero-order chi connectivity index (χ0) is 12.8. The summed E-state index contributed by atoms with van der Waals surface area (Å²) in [5, 5.41) is 0. The summed E-state index contributed by atoms with van der Waals surface area (Å²) in [7, 11) is 0. The second-order valence-electron chi connectivity index (χ2n) is 5.10. The fourth-order valence-corrected chi connectivity index (χ4v) is 2.27. The van der Waals surface area contributed by atoms with E-state index in [2.05, 4.69) is 12.1 Å². The first kappa shape index (κ1) is 13.4. The second kappa shape index (κ2) is 6.76. The highest BCUT2D eigenvalue weighted by atomic mass is 16.5. The van der Waals surface area contributed by atoms with Crippen LogP contribution in [0.3, 0.4) is 0 Å². The molecule has 3 heteroatoms. The Balaban J connectivity index is 1.72. The Morgan fingerprint density at radius 3 is 2.78 bits per heavy atom. The average molecular weight is 249 g/mol. The predicted octanol–water partition coefficient (Wildman–Crippen LogP) is 2.52. The fraction of sp³-hybridized carbons (Fsp3) is 0.600. The van der Waals surface area contributed by atoms with Gasteiger partial charge in [-0.2, -0.15) is 0 Å². The first-order valence-electron chi connectivity index (χ1n) is 6.83. The fourth-order valence-electron chi connectivity index (χ4n) is 2.27. The van der Waals surface area contributed by atoms with Gasteiger partial charge in [0, 0.05) is 19.1 Å². The zero-order valence-electron chi connectivity index (χ0n) is 11.1. The maximum Gasteiger partial charge on any atom is 0.119 e. The van der Waals surface area contributed by atoms with Gasteiger partial charge in [-0.25, -0.2) is 0 Å². The molecule has 1 heterocycles. The number of nitrogens with two attached hydrogens (primary N) is 1. The molecule has 100 valence electrons. The topological polar surface area (TPSA) is 44.5 Å². The molecule has 0 aliphatic carbocycles. The lowest BCUT2D eigenvalue weighted by Crippen LogP contribution is -2.17. The lowest BCUT2D eigenvalue weighted by molar-refractivity contribution is 0.0903. The first-order chi connectivity index (χ1) is 8.74. The molecule has 2 atom stereocenters. The summed E-state index contributed by atoms with van der Waals surface area (Å²) >= 11 is 0. The van der Waals surface area contributed by atoms with Crippen LogP contribution in [0.15, 0.2) is 24.3 Å². The monoisotopic (exact) mass is 249 g/mol. The molecule has 2 N–H and O–H groups in total. The van der Waals surface area contributed by atoms with E-state index >= 15 is 0 Å². The molecule has 0 radical (unpaired) electrons. The average Bonchev–Trinajstić information content (AvgIpc) is 2.84. The van der Waals surface area contributed by atoms with Crippen LogP contribution < -0.4 is 10.5 Å². The third-order valence-corrected chi connectivity index (χ3v) is 3.21. The molecule has 2 unspecified atom stereocenters. The molecule has 3 nitrogen and oxygen atoms in total. The van der Waals surface area contributed by atoms with Gasteiger partial charge in [0.15, 0.2) is 0 Å². The summed E-state index contributed by atoms with van der Waals surface area (Å²) in [5.41, 5.74) is 7.03. The molecule has 1 aliphatic rings. The molecule has 1 fully saturated rings. The molecule has 0 bridgehead atoms.